The van der Waals surface area contributed by atoms with Crippen LogP contribution in [-0.2, 0) is 30.5 Å². The van der Waals surface area contributed by atoms with E-state index in [1.54, 1.807) is 28.4 Å². The molecule has 4 aromatic carbocycles. The monoisotopic (exact) mass is 608 g/mol. The van der Waals surface area contributed by atoms with Crippen LogP contribution in [0.4, 0.5) is 0 Å². The van der Waals surface area contributed by atoms with Crippen LogP contribution >= 0.6 is 0 Å². The number of fused-ring (bicyclic) bond motifs is 2. The maximum absolute atomic E-state index is 11.5. The van der Waals surface area contributed by atoms with E-state index < -0.39 is 0 Å². The average Bonchev–Trinajstić information content (AvgIpc) is 3.06. The van der Waals surface area contributed by atoms with Crippen LogP contribution in [0.1, 0.15) is 39.4 Å². The molecule has 4 heterocycles. The Morgan fingerprint density at radius 1 is 0.778 bits per heavy atom. The summed E-state index contributed by atoms with van der Waals surface area (Å²) in [6.07, 6.45) is 2.66. The Balaban J connectivity index is 1.45. The van der Waals surface area contributed by atoms with Gasteiger partial charge in [0, 0.05) is 25.1 Å². The second kappa shape index (κ2) is 12.0. The molecule has 0 aliphatic carbocycles. The number of methoxy groups -OCH3 is 3. The van der Waals surface area contributed by atoms with Gasteiger partial charge in [0.1, 0.15) is 5.75 Å². The Morgan fingerprint density at radius 2 is 1.51 bits per heavy atom. The van der Waals surface area contributed by atoms with Gasteiger partial charge in [0.2, 0.25) is 5.75 Å². The maximum Gasteiger partial charge on any atom is 0.202 e. The van der Waals surface area contributed by atoms with Gasteiger partial charge in [-0.1, -0.05) is 18.2 Å². The predicted molar refractivity (Wildman–Crippen MR) is 170 cm³/mol. The zero-order valence-corrected chi connectivity index (χ0v) is 25.9. The molecule has 8 rings (SSSR count). The van der Waals surface area contributed by atoms with Gasteiger partial charge < -0.3 is 33.6 Å². The smallest absolute Gasteiger partial charge is 0.202 e. The number of hydrogen-bond acceptors (Lipinski definition) is 9. The van der Waals surface area contributed by atoms with Crippen molar-refractivity contribution in [2.45, 2.75) is 31.7 Å². The van der Waals surface area contributed by atoms with E-state index in [2.05, 4.69) is 6.07 Å². The first-order valence-corrected chi connectivity index (χ1v) is 15.1. The Morgan fingerprint density at radius 3 is 2.27 bits per heavy atom. The Labute approximate surface area is 262 Å². The minimum absolute atomic E-state index is 0.0791. The van der Waals surface area contributed by atoms with Gasteiger partial charge in [0.15, 0.2) is 34.5 Å². The molecule has 0 unspecified atom stereocenters. The van der Waals surface area contributed by atoms with Crippen LogP contribution in [0.15, 0.2) is 65.7 Å². The highest BCUT2D eigenvalue weighted by Gasteiger charge is 2.32. The van der Waals surface area contributed by atoms with Gasteiger partial charge in [0.05, 0.1) is 40.2 Å². The molecule has 0 saturated carbocycles. The molecule has 1 N–H and O–H groups in total. The fourth-order valence-electron chi connectivity index (χ4n) is 6.59. The number of phenols is 1. The number of ether oxygens (including phenoxy) is 5. The highest BCUT2D eigenvalue weighted by Crippen LogP contribution is 2.48. The highest BCUT2D eigenvalue weighted by molar-refractivity contribution is 6.07. The van der Waals surface area contributed by atoms with Gasteiger partial charge in [-0.25, -0.2) is 0 Å². The number of aliphatic imine (C=N–C) groups is 1. The molecule has 0 aromatic heterocycles. The molecule has 4 aromatic rings. The van der Waals surface area contributed by atoms with Gasteiger partial charge in [-0.2, -0.15) is 5.06 Å². The summed E-state index contributed by atoms with van der Waals surface area (Å²) >= 11 is 0. The third-order valence-corrected chi connectivity index (χ3v) is 8.85. The van der Waals surface area contributed by atoms with E-state index in [-0.39, 0.29) is 11.8 Å². The Kier molecular flexibility index (Phi) is 7.73. The van der Waals surface area contributed by atoms with E-state index in [0.29, 0.717) is 72.6 Å². The summed E-state index contributed by atoms with van der Waals surface area (Å²) in [6.45, 7) is 1.34. The Bertz CT molecular complexity index is 1780. The molecule has 0 saturated heterocycles. The normalized spacial score (nSPS) is 17.2. The molecule has 6 bridgehead atoms. The third-order valence-electron chi connectivity index (χ3n) is 8.85. The fourth-order valence-corrected chi connectivity index (χ4v) is 6.59. The lowest BCUT2D eigenvalue weighted by Crippen LogP contribution is -2.35. The first-order valence-electron chi connectivity index (χ1n) is 15.1. The number of aromatic hydroxyl groups is 1. The van der Waals surface area contributed by atoms with Crippen molar-refractivity contribution in [1.82, 2.24) is 5.06 Å². The van der Waals surface area contributed by atoms with Gasteiger partial charge >= 0.3 is 0 Å². The molecule has 45 heavy (non-hydrogen) atoms. The molecule has 1 atom stereocenters. The minimum Gasteiger partial charge on any atom is -0.502 e. The first kappa shape index (κ1) is 29.0. The summed E-state index contributed by atoms with van der Waals surface area (Å²) in [6, 6.07) is 19.8. The van der Waals surface area contributed by atoms with Crippen LogP contribution in [0.25, 0.3) is 0 Å². The molecule has 9 nitrogen and oxygen atoms in total. The van der Waals surface area contributed by atoms with E-state index in [0.717, 1.165) is 45.5 Å². The van der Waals surface area contributed by atoms with Crippen molar-refractivity contribution in [2.24, 2.45) is 4.99 Å². The number of hydrogen-bond donors (Lipinski definition) is 1. The molecule has 0 fully saturated rings. The second-order valence-electron chi connectivity index (χ2n) is 11.4. The van der Waals surface area contributed by atoms with Crippen LogP contribution in [0.3, 0.4) is 0 Å². The van der Waals surface area contributed by atoms with Gasteiger partial charge in [-0.05, 0) is 89.5 Å². The lowest BCUT2D eigenvalue weighted by Gasteiger charge is -2.36. The van der Waals surface area contributed by atoms with Crippen LogP contribution in [-0.4, -0.2) is 57.4 Å². The summed E-state index contributed by atoms with van der Waals surface area (Å²) in [5, 5.41) is 13.5. The van der Waals surface area contributed by atoms with E-state index in [4.69, 9.17) is 33.5 Å². The predicted octanol–water partition coefficient (Wildman–Crippen LogP) is 6.61. The number of benzene rings is 4. The summed E-state index contributed by atoms with van der Waals surface area (Å²) in [7, 11) is 6.52. The molecule has 0 spiro atoms. The highest BCUT2D eigenvalue weighted by atomic mass is 16.7. The van der Waals surface area contributed by atoms with E-state index in [1.165, 1.54) is 0 Å². The zero-order chi connectivity index (χ0) is 31.1. The average molecular weight is 609 g/mol. The molecular weight excluding hydrogens is 572 g/mol. The summed E-state index contributed by atoms with van der Waals surface area (Å²) in [4.78, 5) is 10.8. The summed E-state index contributed by atoms with van der Waals surface area (Å²) < 4.78 is 30.2. The fraction of sp³-hybridized carbons (Fsp3) is 0.306. The van der Waals surface area contributed by atoms with Gasteiger partial charge in [-0.3, -0.25) is 4.99 Å². The van der Waals surface area contributed by atoms with E-state index in [1.807, 2.05) is 59.7 Å². The quantitative estimate of drug-likeness (QED) is 0.277. The maximum atomic E-state index is 11.5. The third kappa shape index (κ3) is 5.32. The topological polar surface area (TPSA) is 91.2 Å². The second-order valence-corrected chi connectivity index (χ2v) is 11.4. The van der Waals surface area contributed by atoms with E-state index in [9.17, 15) is 5.11 Å². The van der Waals surface area contributed by atoms with Crippen molar-refractivity contribution in [3.05, 3.63) is 94.0 Å². The van der Waals surface area contributed by atoms with Crippen LogP contribution in [0.5, 0.6) is 46.0 Å². The van der Waals surface area contributed by atoms with Crippen LogP contribution < -0.4 is 23.7 Å². The number of phenolic OH excluding ortho intramolecular Hbond substituents is 1. The van der Waals surface area contributed by atoms with Crippen molar-refractivity contribution in [2.75, 3.05) is 41.5 Å². The first-order chi connectivity index (χ1) is 22.0. The Hall–Kier alpha value is -4.73. The van der Waals surface area contributed by atoms with Crippen molar-refractivity contribution >= 4 is 5.71 Å². The van der Waals surface area contributed by atoms with Crippen molar-refractivity contribution in [1.29, 1.82) is 0 Å². The molecule has 232 valence electrons. The van der Waals surface area contributed by atoms with E-state index >= 15 is 0 Å². The SMILES string of the molecule is COc1ccc2cc1Oc1ccc(cc1)CC1=NCCc3cc(OC)c(O)c(c31)Oc1cc3c(cc1OC)CCN(OC)[C@@H]3C2. The van der Waals surface area contributed by atoms with Crippen molar-refractivity contribution < 1.29 is 33.6 Å². The summed E-state index contributed by atoms with van der Waals surface area (Å²) in [5.41, 5.74) is 6.91. The van der Waals surface area contributed by atoms with Crippen molar-refractivity contribution in [3.8, 4) is 46.0 Å². The van der Waals surface area contributed by atoms with Gasteiger partial charge in [-0.15, -0.1) is 0 Å². The molecule has 4 aliphatic heterocycles. The summed E-state index contributed by atoms with van der Waals surface area (Å²) in [5.74, 6) is 3.63. The number of hydroxylamine groups is 2. The number of rotatable bonds is 4. The molecule has 0 radical (unpaired) electrons. The van der Waals surface area contributed by atoms with Gasteiger partial charge in [0.25, 0.3) is 0 Å². The van der Waals surface area contributed by atoms with Crippen LogP contribution in [0.2, 0.25) is 0 Å². The lowest BCUT2D eigenvalue weighted by molar-refractivity contribution is -0.167. The molecule has 0 amide bonds. The minimum atomic E-state index is -0.128. The number of nitrogens with zero attached hydrogens (tertiary/aromatic N) is 2. The molecular formula is C36H36N2O7. The van der Waals surface area contributed by atoms with Crippen LogP contribution in [0, 0.1) is 0 Å². The molecule has 9 heteroatoms. The van der Waals surface area contributed by atoms with Crippen molar-refractivity contribution in [3.63, 3.8) is 0 Å². The standard InChI is InChI=1S/C36H36N2O7/c1-40-29-10-7-22-16-28-26-20-32(30(41-2)18-23(26)12-14-38(28)43-4)45-36-34-24(19-33(42-3)35(36)39)11-13-37-27(34)15-21-5-8-25(9-6-21)44-31(29)17-22/h5-10,17-20,28,39H,11-16H2,1-4H3/t28-/m1/s1. The lowest BCUT2D eigenvalue weighted by atomic mass is 9.89. The molecule has 4 aliphatic rings. The largest absolute Gasteiger partial charge is 0.502 e. The zero-order valence-electron chi connectivity index (χ0n) is 25.9.